The van der Waals surface area contributed by atoms with Crippen LogP contribution in [0.1, 0.15) is 2.85 Å². The second-order valence-corrected chi connectivity index (χ2v) is 2.79. The maximum absolute atomic E-state index is 9.94. The molecule has 13 N–H and O–H groups in total. The van der Waals surface area contributed by atoms with E-state index in [-0.39, 0.29) is 89.3 Å². The average molecular weight is 306 g/mol. The van der Waals surface area contributed by atoms with Gasteiger partial charge in [0.2, 0.25) is 0 Å². The minimum absolute atomic E-state index is 0. The van der Waals surface area contributed by atoms with Crippen molar-refractivity contribution in [3.63, 3.8) is 0 Å². The van der Waals surface area contributed by atoms with Gasteiger partial charge in [-0.25, -0.2) is 4.79 Å². The number of carboxylic acids is 1. The van der Waals surface area contributed by atoms with Gasteiger partial charge in [-0.2, -0.15) is 0 Å². The first-order chi connectivity index (χ1) is 4.45. The van der Waals surface area contributed by atoms with Crippen molar-refractivity contribution in [2.45, 2.75) is 5.34 Å². The van der Waals surface area contributed by atoms with Crippen LogP contribution in [0.25, 0.3) is 0 Å². The molecule has 0 spiro atoms. The van der Waals surface area contributed by atoms with Gasteiger partial charge in [0.05, 0.1) is 0 Å². The number of rotatable bonds is 3. The fraction of sp³-hybridized carbons (Fsp3) is 0.667. The Morgan fingerprint density at radius 2 is 1.41 bits per heavy atom. The Kier molecular flexibility index (Phi) is 68.2. The molecule has 102 valence electrons. The van der Waals surface area contributed by atoms with Crippen LogP contribution in [0.5, 0.6) is 0 Å². The third kappa shape index (κ3) is 15.2. The minimum atomic E-state index is -3.58. The molecule has 0 aromatic heterocycles. The zero-order valence-corrected chi connectivity index (χ0v) is 14.1. The van der Waals surface area contributed by atoms with E-state index in [0.717, 1.165) is 0 Å². The van der Waals surface area contributed by atoms with Crippen LogP contribution in [0.4, 0.5) is 0 Å². The van der Waals surface area contributed by atoms with Gasteiger partial charge < -0.3 is 50.4 Å². The van der Waals surface area contributed by atoms with Gasteiger partial charge in [0, 0.05) is 0 Å². The standard InChI is InChI=1S/C3H5O6P.2Na.5H2O.2H/c4-1-3(7,2(5)6)10(8)9;;;;;;;;;/h4,7H,1H2,(H,5,6);;;5*1H2;;/q;2*+1;;;;;;2*-1. The van der Waals surface area contributed by atoms with Gasteiger partial charge in [-0.05, 0) is 0 Å². The number of hydrogen-bond acceptors (Lipinski definition) is 5. The minimum Gasteiger partial charge on any atom is -1.00 e. The smallest absolute Gasteiger partial charge is 1.00 e. The summed E-state index contributed by atoms with van der Waals surface area (Å²) in [6, 6.07) is 0. The maximum Gasteiger partial charge on any atom is 1.00 e. The van der Waals surface area contributed by atoms with Crippen molar-refractivity contribution in [2.24, 2.45) is 0 Å². The van der Waals surface area contributed by atoms with E-state index in [1.807, 2.05) is 0 Å². The Hall–Kier alpha value is 1.25. The van der Waals surface area contributed by atoms with E-state index in [2.05, 4.69) is 0 Å². The summed E-state index contributed by atoms with van der Waals surface area (Å²) in [4.78, 5) is 19.8. The predicted octanol–water partition coefficient (Wildman–Crippen LogP) is -12.0. The molecule has 0 bridgehead atoms. The van der Waals surface area contributed by atoms with Crippen molar-refractivity contribution < 1.29 is 119 Å². The van der Waals surface area contributed by atoms with Crippen molar-refractivity contribution in [1.29, 1.82) is 0 Å². The third-order valence-electron chi connectivity index (χ3n) is 0.865. The van der Waals surface area contributed by atoms with Crippen LogP contribution in [0.15, 0.2) is 0 Å². The zero-order chi connectivity index (χ0) is 8.36. The summed E-state index contributed by atoms with van der Waals surface area (Å²) in [7, 11) is -3.58. The first kappa shape index (κ1) is 51.7. The molecule has 0 aromatic rings. The molecular weight excluding hydrogens is 289 g/mol. The average Bonchev–Trinajstić information content (AvgIpc) is 1.85. The molecule has 0 saturated carbocycles. The third-order valence-corrected chi connectivity index (χ3v) is 1.80. The molecule has 11 nitrogen and oxygen atoms in total. The summed E-state index contributed by atoms with van der Waals surface area (Å²) < 4.78 is 9.94. The molecule has 0 amide bonds. The molecule has 0 heterocycles. The van der Waals surface area contributed by atoms with Gasteiger partial charge >= 0.3 is 78.5 Å². The summed E-state index contributed by atoms with van der Waals surface area (Å²) in [5.74, 6) is -1.98. The molecule has 0 rings (SSSR count). The topological polar surface area (TPSA) is 275 Å². The van der Waals surface area contributed by atoms with Crippen molar-refractivity contribution >= 4 is 14.0 Å². The van der Waals surface area contributed by atoms with Crippen LogP contribution in [-0.4, -0.2) is 60.6 Å². The Balaban J connectivity index is -0.0000000112. The van der Waals surface area contributed by atoms with Crippen molar-refractivity contribution in [2.75, 3.05) is 6.61 Å². The van der Waals surface area contributed by atoms with Crippen LogP contribution < -0.4 is 64.0 Å². The molecule has 0 aliphatic carbocycles. The predicted molar refractivity (Wildman–Crippen MR) is 47.6 cm³/mol. The fourth-order valence-electron chi connectivity index (χ4n) is 0.203. The van der Waals surface area contributed by atoms with E-state index >= 15 is 0 Å². The largest absolute Gasteiger partial charge is 1.00 e. The zero-order valence-electron chi connectivity index (χ0n) is 11.2. The van der Waals surface area contributed by atoms with E-state index in [0.29, 0.717) is 0 Å². The molecule has 0 aromatic carbocycles. The van der Waals surface area contributed by atoms with Gasteiger partial charge in [-0.3, -0.25) is 0 Å². The molecule has 2 atom stereocenters. The van der Waals surface area contributed by atoms with Crippen molar-refractivity contribution in [1.82, 2.24) is 0 Å². The second kappa shape index (κ2) is 22.4. The van der Waals surface area contributed by atoms with Gasteiger partial charge in [-0.1, -0.05) is 4.57 Å². The van der Waals surface area contributed by atoms with Crippen LogP contribution in [-0.2, 0) is 9.36 Å². The van der Waals surface area contributed by atoms with Gasteiger partial charge in [-0.15, -0.1) is 0 Å². The summed E-state index contributed by atoms with van der Waals surface area (Å²) in [5.41, 5.74) is 0. The quantitative estimate of drug-likeness (QED) is 0.335. The number of carbonyl (C=O) groups is 1. The van der Waals surface area contributed by atoms with Gasteiger partial charge in [0.1, 0.15) is 6.61 Å². The molecule has 0 aliphatic heterocycles. The number of aliphatic hydroxyl groups is 2. The van der Waals surface area contributed by atoms with Crippen molar-refractivity contribution in [3.8, 4) is 0 Å². The van der Waals surface area contributed by atoms with E-state index in [9.17, 15) is 14.3 Å². The number of aliphatic hydroxyl groups excluding tert-OH is 1. The maximum atomic E-state index is 9.94. The van der Waals surface area contributed by atoms with E-state index in [4.69, 9.17) is 15.3 Å². The first-order valence-electron chi connectivity index (χ1n) is 2.16. The molecular formula is C3H17Na2O11P. The van der Waals surface area contributed by atoms with Crippen LogP contribution in [0.3, 0.4) is 0 Å². The molecule has 0 saturated heterocycles. The van der Waals surface area contributed by atoms with Gasteiger partial charge in [0.15, 0.2) is 0 Å². The second-order valence-electron chi connectivity index (χ2n) is 1.54. The molecule has 0 radical (unpaired) electrons. The van der Waals surface area contributed by atoms with Crippen LogP contribution >= 0.6 is 8.03 Å². The van der Waals surface area contributed by atoms with Crippen LogP contribution in [0.2, 0.25) is 0 Å². The van der Waals surface area contributed by atoms with E-state index < -0.39 is 25.9 Å². The molecule has 14 heteroatoms. The number of aliphatic carboxylic acids is 1. The fourth-order valence-corrected chi connectivity index (χ4v) is 0.475. The normalized spacial score (nSPS) is 10.4. The first-order valence-corrected chi connectivity index (χ1v) is 3.34. The van der Waals surface area contributed by atoms with E-state index in [1.54, 1.807) is 0 Å². The Morgan fingerprint density at radius 1 is 1.18 bits per heavy atom. The summed E-state index contributed by atoms with van der Waals surface area (Å²) >= 11 is 0. The van der Waals surface area contributed by atoms with Crippen molar-refractivity contribution in [3.05, 3.63) is 0 Å². The number of carboxylic acid groups (broad SMARTS) is 1. The summed E-state index contributed by atoms with van der Waals surface area (Å²) in [6.45, 7) is -1.35. The van der Waals surface area contributed by atoms with Gasteiger partial charge in [0.25, 0.3) is 0 Å². The summed E-state index contributed by atoms with van der Waals surface area (Å²) in [6.07, 6.45) is 0. The van der Waals surface area contributed by atoms with E-state index in [1.165, 1.54) is 0 Å². The monoisotopic (exact) mass is 306 g/mol. The Morgan fingerprint density at radius 3 is 1.41 bits per heavy atom. The molecule has 0 aliphatic rings. The Labute approximate surface area is 144 Å². The SMILES string of the molecule is O.O.O.O.O.O=C(O)C(O)(CO)[P+](=O)[O-].[H-].[H-].[Na+].[Na+]. The Bertz CT molecular complexity index is 171. The molecule has 0 fully saturated rings. The molecule has 2 unspecified atom stereocenters. The molecule has 17 heavy (non-hydrogen) atoms. The summed E-state index contributed by atoms with van der Waals surface area (Å²) in [5, 5.41) is 21.6. The number of hydrogen-bond donors (Lipinski definition) is 3. The van der Waals surface area contributed by atoms with Crippen LogP contribution in [0, 0.1) is 0 Å².